The number of alkyl halides is 2. The molecule has 4 nitrogen and oxygen atoms in total. The molecular weight excluding hydrogens is 278 g/mol. The van der Waals surface area contributed by atoms with E-state index < -0.39 is 6.61 Å². The molecule has 1 aromatic rings. The molecule has 1 N–H and O–H groups in total. The number of piperazine rings is 1. The van der Waals surface area contributed by atoms with Crippen molar-refractivity contribution in [2.75, 3.05) is 26.2 Å². The van der Waals surface area contributed by atoms with Gasteiger partial charge < -0.3 is 15.0 Å². The Morgan fingerprint density at radius 1 is 1.32 bits per heavy atom. The third-order valence-corrected chi connectivity index (χ3v) is 2.71. The molecule has 1 aliphatic heterocycles. The predicted molar refractivity (Wildman–Crippen MR) is 69.1 cm³/mol. The highest BCUT2D eigenvalue weighted by atomic mass is 35.5. The number of ether oxygens (including phenoxy) is 1. The Hall–Kier alpha value is -1.40. The molecule has 19 heavy (non-hydrogen) atoms. The van der Waals surface area contributed by atoms with Crippen molar-refractivity contribution in [2.45, 2.75) is 6.61 Å². The molecule has 1 heterocycles. The summed E-state index contributed by atoms with van der Waals surface area (Å²) in [6.07, 6.45) is 0. The molecule has 1 saturated heterocycles. The van der Waals surface area contributed by atoms with Gasteiger partial charge in [-0.1, -0.05) is 6.07 Å². The van der Waals surface area contributed by atoms with Crippen molar-refractivity contribution < 1.29 is 18.3 Å². The van der Waals surface area contributed by atoms with Crippen molar-refractivity contribution >= 4 is 18.3 Å². The normalized spacial score (nSPS) is 15.0. The molecule has 0 aromatic heterocycles. The lowest BCUT2D eigenvalue weighted by molar-refractivity contribution is -0.0499. The van der Waals surface area contributed by atoms with Crippen molar-refractivity contribution in [2.24, 2.45) is 0 Å². The van der Waals surface area contributed by atoms with Gasteiger partial charge in [-0.2, -0.15) is 8.78 Å². The number of nitrogens with zero attached hydrogens (tertiary/aromatic N) is 1. The molecular formula is C12H15ClF2N2O2. The Balaban J connectivity index is 0.00000180. The summed E-state index contributed by atoms with van der Waals surface area (Å²) >= 11 is 0. The number of benzene rings is 1. The Labute approximate surface area is 116 Å². The first kappa shape index (κ1) is 15.7. The number of halogens is 3. The smallest absolute Gasteiger partial charge is 0.387 e. The molecule has 0 atom stereocenters. The first-order valence-corrected chi connectivity index (χ1v) is 5.71. The predicted octanol–water partition coefficient (Wildman–Crippen LogP) is 1.76. The zero-order valence-corrected chi connectivity index (χ0v) is 11.0. The molecule has 1 amide bonds. The molecule has 106 valence electrons. The van der Waals surface area contributed by atoms with E-state index >= 15 is 0 Å². The van der Waals surface area contributed by atoms with Crippen LogP contribution in [0.5, 0.6) is 5.75 Å². The van der Waals surface area contributed by atoms with Crippen LogP contribution in [0.2, 0.25) is 0 Å². The second-order valence-corrected chi connectivity index (χ2v) is 3.95. The highest BCUT2D eigenvalue weighted by molar-refractivity contribution is 5.94. The van der Waals surface area contributed by atoms with Gasteiger partial charge in [0.05, 0.1) is 0 Å². The lowest BCUT2D eigenvalue weighted by atomic mass is 10.1. The quantitative estimate of drug-likeness (QED) is 0.923. The summed E-state index contributed by atoms with van der Waals surface area (Å²) in [5.74, 6) is -0.151. The van der Waals surface area contributed by atoms with E-state index in [4.69, 9.17) is 0 Å². The van der Waals surface area contributed by atoms with Gasteiger partial charge in [0.2, 0.25) is 0 Å². The minimum atomic E-state index is -2.88. The molecule has 0 unspecified atom stereocenters. The summed E-state index contributed by atoms with van der Waals surface area (Å²) < 4.78 is 28.4. The largest absolute Gasteiger partial charge is 0.435 e. The number of carbonyl (C=O) groups excluding carboxylic acids is 1. The van der Waals surface area contributed by atoms with Crippen LogP contribution in [0.25, 0.3) is 0 Å². The lowest BCUT2D eigenvalue weighted by Crippen LogP contribution is -2.46. The summed E-state index contributed by atoms with van der Waals surface area (Å²) in [6, 6.07) is 5.88. The molecule has 1 aromatic carbocycles. The summed E-state index contributed by atoms with van der Waals surface area (Å²) in [7, 11) is 0. The SMILES string of the molecule is Cl.O=C(c1cccc(OC(F)F)c1)N1CCNCC1. The Kier molecular flexibility index (Phi) is 5.98. The van der Waals surface area contributed by atoms with Crippen LogP contribution in [0.15, 0.2) is 24.3 Å². The third kappa shape index (κ3) is 4.33. The van der Waals surface area contributed by atoms with Crippen LogP contribution in [0.4, 0.5) is 8.78 Å². The van der Waals surface area contributed by atoms with Crippen molar-refractivity contribution in [3.63, 3.8) is 0 Å². The zero-order valence-electron chi connectivity index (χ0n) is 10.1. The van der Waals surface area contributed by atoms with Crippen LogP contribution in [-0.2, 0) is 0 Å². The van der Waals surface area contributed by atoms with Gasteiger partial charge in [-0.05, 0) is 18.2 Å². The van der Waals surface area contributed by atoms with Crippen LogP contribution >= 0.6 is 12.4 Å². The van der Waals surface area contributed by atoms with Gasteiger partial charge in [0.15, 0.2) is 0 Å². The van der Waals surface area contributed by atoms with Gasteiger partial charge in [-0.3, -0.25) is 4.79 Å². The number of carbonyl (C=O) groups is 1. The van der Waals surface area contributed by atoms with E-state index in [1.165, 1.54) is 18.2 Å². The summed E-state index contributed by atoms with van der Waals surface area (Å²) in [4.78, 5) is 13.8. The molecule has 2 rings (SSSR count). The van der Waals surface area contributed by atoms with Crippen molar-refractivity contribution in [1.29, 1.82) is 0 Å². The van der Waals surface area contributed by atoms with Gasteiger partial charge in [0.25, 0.3) is 5.91 Å². The second-order valence-electron chi connectivity index (χ2n) is 3.95. The molecule has 0 aliphatic carbocycles. The lowest BCUT2D eigenvalue weighted by Gasteiger charge is -2.27. The monoisotopic (exact) mass is 292 g/mol. The molecule has 1 fully saturated rings. The minimum absolute atomic E-state index is 0. The van der Waals surface area contributed by atoms with Crippen LogP contribution in [0, 0.1) is 0 Å². The standard InChI is InChI=1S/C12H14F2N2O2.ClH/c13-12(14)18-10-3-1-2-9(8-10)11(17)16-6-4-15-5-7-16;/h1-3,8,12,15H,4-7H2;1H. The average molecular weight is 293 g/mol. The van der Waals surface area contributed by atoms with E-state index in [0.717, 1.165) is 13.1 Å². The zero-order chi connectivity index (χ0) is 13.0. The number of hydrogen-bond acceptors (Lipinski definition) is 3. The van der Waals surface area contributed by atoms with E-state index in [9.17, 15) is 13.6 Å². The Morgan fingerprint density at radius 2 is 2.00 bits per heavy atom. The van der Waals surface area contributed by atoms with Crippen molar-refractivity contribution in [1.82, 2.24) is 10.2 Å². The molecule has 0 spiro atoms. The number of amides is 1. The van der Waals surface area contributed by atoms with Gasteiger partial charge in [0.1, 0.15) is 5.75 Å². The molecule has 0 saturated carbocycles. The number of rotatable bonds is 3. The number of hydrogen-bond donors (Lipinski definition) is 1. The van der Waals surface area contributed by atoms with Crippen molar-refractivity contribution in [3.8, 4) is 5.75 Å². The van der Waals surface area contributed by atoms with E-state index in [0.29, 0.717) is 18.7 Å². The fourth-order valence-corrected chi connectivity index (χ4v) is 1.86. The Morgan fingerprint density at radius 3 is 2.63 bits per heavy atom. The first-order chi connectivity index (χ1) is 8.66. The molecule has 1 aliphatic rings. The van der Waals surface area contributed by atoms with E-state index in [1.54, 1.807) is 11.0 Å². The van der Waals surface area contributed by atoms with Crippen LogP contribution in [0.3, 0.4) is 0 Å². The van der Waals surface area contributed by atoms with E-state index in [2.05, 4.69) is 10.1 Å². The third-order valence-electron chi connectivity index (χ3n) is 2.71. The summed E-state index contributed by atoms with van der Waals surface area (Å²) in [6.45, 7) is -0.135. The maximum atomic E-state index is 12.1. The second kappa shape index (κ2) is 7.25. The van der Waals surface area contributed by atoms with Gasteiger partial charge in [0, 0.05) is 31.7 Å². The highest BCUT2D eigenvalue weighted by Gasteiger charge is 2.18. The summed E-state index contributed by atoms with van der Waals surface area (Å²) in [5.41, 5.74) is 0.370. The average Bonchev–Trinajstić information content (AvgIpc) is 2.38. The molecule has 7 heteroatoms. The van der Waals surface area contributed by atoms with Gasteiger partial charge >= 0.3 is 6.61 Å². The first-order valence-electron chi connectivity index (χ1n) is 5.71. The summed E-state index contributed by atoms with van der Waals surface area (Å²) in [5, 5.41) is 3.14. The topological polar surface area (TPSA) is 41.6 Å². The maximum absolute atomic E-state index is 12.1. The highest BCUT2D eigenvalue weighted by Crippen LogP contribution is 2.17. The fourth-order valence-electron chi connectivity index (χ4n) is 1.86. The maximum Gasteiger partial charge on any atom is 0.387 e. The van der Waals surface area contributed by atoms with Crippen LogP contribution in [-0.4, -0.2) is 43.6 Å². The Bertz CT molecular complexity index is 426. The van der Waals surface area contributed by atoms with Gasteiger partial charge in [-0.25, -0.2) is 0 Å². The van der Waals surface area contributed by atoms with Crippen LogP contribution in [0.1, 0.15) is 10.4 Å². The van der Waals surface area contributed by atoms with E-state index in [1.807, 2.05) is 0 Å². The number of nitrogens with one attached hydrogen (secondary N) is 1. The molecule has 0 radical (unpaired) electrons. The van der Waals surface area contributed by atoms with E-state index in [-0.39, 0.29) is 24.1 Å². The van der Waals surface area contributed by atoms with Crippen LogP contribution < -0.4 is 10.1 Å². The molecule has 0 bridgehead atoms. The minimum Gasteiger partial charge on any atom is -0.435 e. The van der Waals surface area contributed by atoms with Gasteiger partial charge in [-0.15, -0.1) is 12.4 Å². The fraction of sp³-hybridized carbons (Fsp3) is 0.417. The van der Waals surface area contributed by atoms with Crippen molar-refractivity contribution in [3.05, 3.63) is 29.8 Å².